The molecule has 1 aromatic carbocycles. The van der Waals surface area contributed by atoms with Gasteiger partial charge >= 0.3 is 0 Å². The first kappa shape index (κ1) is 16.9. The van der Waals surface area contributed by atoms with Gasteiger partial charge in [-0.15, -0.1) is 0 Å². The van der Waals surface area contributed by atoms with Crippen LogP contribution in [-0.2, 0) is 4.79 Å². The molecule has 2 aromatic rings. The summed E-state index contributed by atoms with van der Waals surface area (Å²) < 4.78 is 5.45. The van der Waals surface area contributed by atoms with Gasteiger partial charge in [-0.2, -0.15) is 0 Å². The van der Waals surface area contributed by atoms with Crippen LogP contribution in [0.25, 0.3) is 10.9 Å². The fourth-order valence-electron chi connectivity index (χ4n) is 2.38. The van der Waals surface area contributed by atoms with Crippen LogP contribution in [0.15, 0.2) is 23.0 Å². The standard InChI is InChI=1S/C17H22N2O4/c1-3-4-5-6-9-23-16-15(21)13-8-7-12(18-11(2)20)10-14(13)19-17(16)22/h7-8,10H,3-6,9H2,1-2H3,(H,18,20)(H2,19,21,22). The molecule has 0 aliphatic heterocycles. The average molecular weight is 318 g/mol. The van der Waals surface area contributed by atoms with Gasteiger partial charge in [0, 0.05) is 18.0 Å². The van der Waals surface area contributed by atoms with E-state index in [0.29, 0.717) is 23.2 Å². The Bertz CT molecular complexity index is 752. The predicted octanol–water partition coefficient (Wildman–Crippen LogP) is 3.15. The molecule has 0 saturated heterocycles. The number of fused-ring (bicyclic) bond motifs is 1. The SMILES string of the molecule is CCCCCCOc1c(O)c2ccc(NC(C)=O)cc2[nH]c1=O. The number of carbonyl (C=O) groups excluding carboxylic acids is 1. The van der Waals surface area contributed by atoms with Gasteiger partial charge in [0.05, 0.1) is 12.1 Å². The van der Waals surface area contributed by atoms with Crippen molar-refractivity contribution in [3.05, 3.63) is 28.6 Å². The minimum absolute atomic E-state index is 0.0544. The van der Waals surface area contributed by atoms with Crippen LogP contribution >= 0.6 is 0 Å². The van der Waals surface area contributed by atoms with Crippen molar-refractivity contribution in [2.24, 2.45) is 0 Å². The zero-order valence-corrected chi connectivity index (χ0v) is 13.4. The molecule has 0 atom stereocenters. The van der Waals surface area contributed by atoms with Crippen LogP contribution in [-0.4, -0.2) is 22.6 Å². The maximum Gasteiger partial charge on any atom is 0.294 e. The number of hydrogen-bond acceptors (Lipinski definition) is 4. The highest BCUT2D eigenvalue weighted by Gasteiger charge is 2.13. The molecule has 6 nitrogen and oxygen atoms in total. The third-order valence-corrected chi connectivity index (χ3v) is 3.51. The Morgan fingerprint density at radius 3 is 2.78 bits per heavy atom. The van der Waals surface area contributed by atoms with Gasteiger partial charge in [-0.3, -0.25) is 9.59 Å². The number of anilines is 1. The number of hydrogen-bond donors (Lipinski definition) is 3. The van der Waals surface area contributed by atoms with Crippen molar-refractivity contribution in [1.82, 2.24) is 4.98 Å². The Morgan fingerprint density at radius 1 is 1.30 bits per heavy atom. The number of benzene rings is 1. The van der Waals surface area contributed by atoms with Crippen molar-refractivity contribution in [2.75, 3.05) is 11.9 Å². The summed E-state index contributed by atoms with van der Waals surface area (Å²) in [5, 5.41) is 13.4. The molecule has 1 aromatic heterocycles. The lowest BCUT2D eigenvalue weighted by atomic mass is 10.1. The van der Waals surface area contributed by atoms with Gasteiger partial charge in [0.25, 0.3) is 5.56 Å². The first-order valence-corrected chi connectivity index (χ1v) is 7.82. The van der Waals surface area contributed by atoms with Gasteiger partial charge in [0.2, 0.25) is 11.7 Å². The number of nitrogens with one attached hydrogen (secondary N) is 2. The van der Waals surface area contributed by atoms with Gasteiger partial charge in [0.1, 0.15) is 0 Å². The molecule has 3 N–H and O–H groups in total. The second-order valence-corrected chi connectivity index (χ2v) is 5.48. The van der Waals surface area contributed by atoms with E-state index in [1.807, 2.05) is 0 Å². The first-order valence-electron chi connectivity index (χ1n) is 7.82. The van der Waals surface area contributed by atoms with Gasteiger partial charge in [0.15, 0.2) is 5.75 Å². The largest absolute Gasteiger partial charge is 0.504 e. The van der Waals surface area contributed by atoms with E-state index in [2.05, 4.69) is 17.2 Å². The van der Waals surface area contributed by atoms with E-state index in [-0.39, 0.29) is 17.4 Å². The number of unbranched alkanes of at least 4 members (excludes halogenated alkanes) is 3. The molecule has 124 valence electrons. The van der Waals surface area contributed by atoms with Crippen LogP contribution in [0.2, 0.25) is 0 Å². The molecule has 1 heterocycles. The first-order chi connectivity index (χ1) is 11.0. The third-order valence-electron chi connectivity index (χ3n) is 3.51. The van der Waals surface area contributed by atoms with E-state index in [9.17, 15) is 14.7 Å². The van der Waals surface area contributed by atoms with Crippen molar-refractivity contribution in [3.63, 3.8) is 0 Å². The lowest BCUT2D eigenvalue weighted by molar-refractivity contribution is -0.114. The maximum absolute atomic E-state index is 12.1. The molecule has 0 fully saturated rings. The number of ether oxygens (including phenoxy) is 1. The van der Waals surface area contributed by atoms with Crippen LogP contribution < -0.4 is 15.6 Å². The summed E-state index contributed by atoms with van der Waals surface area (Å²) in [5.41, 5.74) is 0.510. The quantitative estimate of drug-likeness (QED) is 0.684. The topological polar surface area (TPSA) is 91.4 Å². The van der Waals surface area contributed by atoms with E-state index in [0.717, 1.165) is 25.7 Å². The number of carbonyl (C=O) groups is 1. The number of H-pyrrole nitrogens is 1. The monoisotopic (exact) mass is 318 g/mol. The van der Waals surface area contributed by atoms with Crippen LogP contribution in [0.1, 0.15) is 39.5 Å². The molecular weight excluding hydrogens is 296 g/mol. The summed E-state index contributed by atoms with van der Waals surface area (Å²) >= 11 is 0. The van der Waals surface area contributed by atoms with Crippen molar-refractivity contribution in [1.29, 1.82) is 0 Å². The van der Waals surface area contributed by atoms with Crippen molar-refractivity contribution < 1.29 is 14.6 Å². The van der Waals surface area contributed by atoms with Crippen molar-refractivity contribution in [2.45, 2.75) is 39.5 Å². The normalized spacial score (nSPS) is 10.7. The molecular formula is C17H22N2O4. The molecule has 0 aliphatic rings. The van der Waals surface area contributed by atoms with Crippen molar-refractivity contribution >= 4 is 22.5 Å². The van der Waals surface area contributed by atoms with E-state index in [1.54, 1.807) is 18.2 Å². The van der Waals surface area contributed by atoms with Crippen molar-refractivity contribution in [3.8, 4) is 11.5 Å². The van der Waals surface area contributed by atoms with E-state index < -0.39 is 5.56 Å². The molecule has 1 amide bonds. The molecule has 0 aliphatic carbocycles. The lowest BCUT2D eigenvalue weighted by Gasteiger charge is -2.10. The highest BCUT2D eigenvalue weighted by molar-refractivity contribution is 5.94. The number of aromatic nitrogens is 1. The zero-order chi connectivity index (χ0) is 16.8. The second kappa shape index (κ2) is 7.67. The minimum Gasteiger partial charge on any atom is -0.504 e. The minimum atomic E-state index is -0.481. The molecule has 0 unspecified atom stereocenters. The molecule has 2 rings (SSSR count). The predicted molar refractivity (Wildman–Crippen MR) is 90.2 cm³/mol. The molecule has 6 heteroatoms. The summed E-state index contributed by atoms with van der Waals surface area (Å²) in [6.07, 6.45) is 4.11. The van der Waals surface area contributed by atoms with E-state index >= 15 is 0 Å². The van der Waals surface area contributed by atoms with E-state index in [4.69, 9.17) is 4.74 Å². The highest BCUT2D eigenvalue weighted by atomic mass is 16.5. The van der Waals surface area contributed by atoms with Gasteiger partial charge in [-0.25, -0.2) is 0 Å². The van der Waals surface area contributed by atoms with Gasteiger partial charge in [-0.05, 0) is 24.6 Å². The van der Waals surface area contributed by atoms with Crippen LogP contribution in [0.4, 0.5) is 5.69 Å². The van der Waals surface area contributed by atoms with Crippen LogP contribution in [0.3, 0.4) is 0 Å². The smallest absolute Gasteiger partial charge is 0.294 e. The number of pyridine rings is 1. The lowest BCUT2D eigenvalue weighted by Crippen LogP contribution is -2.13. The summed E-state index contributed by atoms with van der Waals surface area (Å²) in [7, 11) is 0. The fraction of sp³-hybridized carbons (Fsp3) is 0.412. The van der Waals surface area contributed by atoms with Crippen LogP contribution in [0, 0.1) is 0 Å². The molecule has 0 spiro atoms. The number of amides is 1. The maximum atomic E-state index is 12.1. The Balaban J connectivity index is 2.23. The van der Waals surface area contributed by atoms with E-state index in [1.165, 1.54) is 6.92 Å². The summed E-state index contributed by atoms with van der Waals surface area (Å²) in [4.78, 5) is 25.8. The fourth-order valence-corrected chi connectivity index (χ4v) is 2.38. The van der Waals surface area contributed by atoms with Gasteiger partial charge < -0.3 is 20.1 Å². The third kappa shape index (κ3) is 4.25. The number of aromatic amines is 1. The Hall–Kier alpha value is -2.50. The Morgan fingerprint density at radius 2 is 2.09 bits per heavy atom. The summed E-state index contributed by atoms with van der Waals surface area (Å²) in [6, 6.07) is 4.89. The van der Waals surface area contributed by atoms with Crippen LogP contribution in [0.5, 0.6) is 11.5 Å². The molecule has 23 heavy (non-hydrogen) atoms. The Kier molecular flexibility index (Phi) is 5.62. The average Bonchev–Trinajstić information content (AvgIpc) is 2.49. The molecule has 0 radical (unpaired) electrons. The molecule has 0 bridgehead atoms. The van der Waals surface area contributed by atoms with Gasteiger partial charge in [-0.1, -0.05) is 26.2 Å². The second-order valence-electron chi connectivity index (χ2n) is 5.48. The summed E-state index contributed by atoms with van der Waals surface area (Å²) in [5.74, 6) is -0.433. The molecule has 0 saturated carbocycles. The Labute approximate surface area is 134 Å². The number of rotatable bonds is 7. The highest BCUT2D eigenvalue weighted by Crippen LogP contribution is 2.31. The zero-order valence-electron chi connectivity index (χ0n) is 13.4. The summed E-state index contributed by atoms with van der Waals surface area (Å²) in [6.45, 7) is 3.92. The number of aromatic hydroxyl groups is 1.